The fraction of sp³-hybridized carbons (Fsp3) is 0.111. The number of para-hydroxylation sites is 1. The van der Waals surface area contributed by atoms with Crippen molar-refractivity contribution in [2.24, 2.45) is 0 Å². The first-order valence-electron chi connectivity index (χ1n) is 7.33. The lowest BCUT2D eigenvalue weighted by Gasteiger charge is -2.16. The van der Waals surface area contributed by atoms with Crippen molar-refractivity contribution in [1.82, 2.24) is 0 Å². The number of nitrogens with zero attached hydrogens (tertiary/aromatic N) is 1. The van der Waals surface area contributed by atoms with Gasteiger partial charge in [-0.2, -0.15) is 0 Å². The lowest BCUT2D eigenvalue weighted by Crippen LogP contribution is -2.31. The molecule has 2 aromatic carbocycles. The van der Waals surface area contributed by atoms with Crippen LogP contribution in [0.3, 0.4) is 0 Å². The van der Waals surface area contributed by atoms with Gasteiger partial charge in [0.05, 0.1) is 5.02 Å². The Morgan fingerprint density at radius 2 is 1.92 bits per heavy atom. The Bertz CT molecular complexity index is 942. The van der Waals surface area contributed by atoms with Crippen molar-refractivity contribution in [2.45, 2.75) is 0 Å². The summed E-state index contributed by atoms with van der Waals surface area (Å²) in [6, 6.07) is 13.1. The molecule has 3 rings (SSSR count). The van der Waals surface area contributed by atoms with E-state index in [0.717, 1.165) is 11.3 Å². The quantitative estimate of drug-likeness (QED) is 0.628. The second kappa shape index (κ2) is 7.21. The van der Waals surface area contributed by atoms with Crippen LogP contribution in [0.5, 0.6) is 0 Å². The van der Waals surface area contributed by atoms with Crippen LogP contribution in [0.2, 0.25) is 5.02 Å². The SMILES string of the molecule is CN(C(=O)COC(=O)c1sc2cc(F)ccc2c1Cl)c1ccccc1. The maximum atomic E-state index is 13.3. The Morgan fingerprint density at radius 3 is 2.64 bits per heavy atom. The van der Waals surface area contributed by atoms with Gasteiger partial charge in [0.25, 0.3) is 5.91 Å². The molecule has 1 amide bonds. The molecular formula is C18H13ClFNO3S. The average molecular weight is 378 g/mol. The number of rotatable bonds is 4. The highest BCUT2D eigenvalue weighted by Gasteiger charge is 2.21. The summed E-state index contributed by atoms with van der Waals surface area (Å²) in [7, 11) is 1.60. The van der Waals surface area contributed by atoms with E-state index < -0.39 is 18.4 Å². The van der Waals surface area contributed by atoms with Crippen molar-refractivity contribution in [3.63, 3.8) is 0 Å². The Morgan fingerprint density at radius 1 is 1.20 bits per heavy atom. The van der Waals surface area contributed by atoms with E-state index in [2.05, 4.69) is 0 Å². The number of fused-ring (bicyclic) bond motifs is 1. The van der Waals surface area contributed by atoms with Gasteiger partial charge in [-0.1, -0.05) is 29.8 Å². The smallest absolute Gasteiger partial charge is 0.350 e. The van der Waals surface area contributed by atoms with Crippen LogP contribution in [0, 0.1) is 5.82 Å². The highest BCUT2D eigenvalue weighted by atomic mass is 35.5. The standard InChI is InChI=1S/C18H13ClFNO3S/c1-21(12-5-3-2-4-6-12)15(22)10-24-18(23)17-16(19)13-8-7-11(20)9-14(13)25-17/h2-9H,10H2,1H3. The molecule has 0 aliphatic heterocycles. The predicted octanol–water partition coefficient (Wildman–Crippen LogP) is 4.51. The molecule has 128 valence electrons. The molecule has 0 atom stereocenters. The molecule has 0 spiro atoms. The normalized spacial score (nSPS) is 10.7. The van der Waals surface area contributed by atoms with Gasteiger partial charge in [0.2, 0.25) is 0 Å². The van der Waals surface area contributed by atoms with Crippen LogP contribution < -0.4 is 4.90 Å². The molecule has 0 N–H and O–H groups in total. The first-order chi connectivity index (χ1) is 12.0. The van der Waals surface area contributed by atoms with E-state index in [1.54, 1.807) is 31.3 Å². The highest BCUT2D eigenvalue weighted by Crippen LogP contribution is 2.36. The summed E-state index contributed by atoms with van der Waals surface area (Å²) in [5, 5.41) is 0.779. The van der Waals surface area contributed by atoms with Crippen molar-refractivity contribution < 1.29 is 18.7 Å². The summed E-state index contributed by atoms with van der Waals surface area (Å²) in [5.41, 5.74) is 0.693. The van der Waals surface area contributed by atoms with Crippen LogP contribution in [0.4, 0.5) is 10.1 Å². The second-order valence-corrected chi connectivity index (χ2v) is 6.68. The number of carbonyl (C=O) groups excluding carboxylic acids is 2. The van der Waals surface area contributed by atoms with E-state index in [-0.39, 0.29) is 15.8 Å². The van der Waals surface area contributed by atoms with E-state index in [0.29, 0.717) is 15.8 Å². The monoisotopic (exact) mass is 377 g/mol. The van der Waals surface area contributed by atoms with Gasteiger partial charge in [0.15, 0.2) is 6.61 Å². The third kappa shape index (κ3) is 3.65. The number of anilines is 1. The van der Waals surface area contributed by atoms with E-state index in [1.807, 2.05) is 6.07 Å². The molecule has 25 heavy (non-hydrogen) atoms. The summed E-state index contributed by atoms with van der Waals surface area (Å²) in [6.07, 6.45) is 0. The molecule has 0 fully saturated rings. The maximum absolute atomic E-state index is 13.3. The van der Waals surface area contributed by atoms with Gasteiger partial charge < -0.3 is 9.64 Å². The van der Waals surface area contributed by atoms with Crippen LogP contribution >= 0.6 is 22.9 Å². The van der Waals surface area contributed by atoms with Crippen molar-refractivity contribution in [3.8, 4) is 0 Å². The fourth-order valence-corrected chi connectivity index (χ4v) is 3.68. The summed E-state index contributed by atoms with van der Waals surface area (Å²) in [6.45, 7) is -0.414. The van der Waals surface area contributed by atoms with Gasteiger partial charge in [-0.25, -0.2) is 9.18 Å². The predicted molar refractivity (Wildman–Crippen MR) is 96.9 cm³/mol. The van der Waals surface area contributed by atoms with E-state index in [1.165, 1.54) is 23.1 Å². The van der Waals surface area contributed by atoms with Crippen LogP contribution in [0.15, 0.2) is 48.5 Å². The summed E-state index contributed by atoms with van der Waals surface area (Å²) in [4.78, 5) is 25.9. The van der Waals surface area contributed by atoms with Gasteiger partial charge >= 0.3 is 5.97 Å². The molecule has 0 saturated carbocycles. The molecular weight excluding hydrogens is 365 g/mol. The molecule has 0 saturated heterocycles. The molecule has 0 aliphatic rings. The Hall–Kier alpha value is -2.44. The summed E-state index contributed by atoms with van der Waals surface area (Å²) < 4.78 is 18.9. The van der Waals surface area contributed by atoms with Crippen LogP contribution in [0.25, 0.3) is 10.1 Å². The topological polar surface area (TPSA) is 46.6 Å². The number of halogens is 2. The number of hydrogen-bond acceptors (Lipinski definition) is 4. The zero-order valence-electron chi connectivity index (χ0n) is 13.2. The third-order valence-electron chi connectivity index (χ3n) is 3.62. The highest BCUT2D eigenvalue weighted by molar-refractivity contribution is 7.21. The van der Waals surface area contributed by atoms with Gasteiger partial charge in [-0.3, -0.25) is 4.79 Å². The van der Waals surface area contributed by atoms with Gasteiger partial charge in [-0.15, -0.1) is 11.3 Å². The van der Waals surface area contributed by atoms with Crippen molar-refractivity contribution >= 4 is 50.6 Å². The molecule has 4 nitrogen and oxygen atoms in total. The van der Waals surface area contributed by atoms with Gasteiger partial charge in [0, 0.05) is 22.8 Å². The molecule has 0 aliphatic carbocycles. The van der Waals surface area contributed by atoms with Crippen molar-refractivity contribution in [3.05, 3.63) is 64.2 Å². The number of benzene rings is 2. The molecule has 3 aromatic rings. The molecule has 0 unspecified atom stereocenters. The minimum Gasteiger partial charge on any atom is -0.451 e. The molecule has 0 bridgehead atoms. The Balaban J connectivity index is 1.70. The molecule has 1 aromatic heterocycles. The summed E-state index contributed by atoms with van der Waals surface area (Å²) >= 11 is 7.20. The van der Waals surface area contributed by atoms with Crippen LogP contribution in [0.1, 0.15) is 9.67 Å². The van der Waals surface area contributed by atoms with E-state index in [9.17, 15) is 14.0 Å². The lowest BCUT2D eigenvalue weighted by molar-refractivity contribution is -0.121. The van der Waals surface area contributed by atoms with Crippen LogP contribution in [-0.2, 0) is 9.53 Å². The Labute approximate surface area is 152 Å². The van der Waals surface area contributed by atoms with E-state index in [4.69, 9.17) is 16.3 Å². The average Bonchev–Trinajstić information content (AvgIpc) is 2.95. The minimum absolute atomic E-state index is 0.150. The molecule has 7 heteroatoms. The van der Waals surface area contributed by atoms with Gasteiger partial charge in [0.1, 0.15) is 10.7 Å². The summed E-state index contributed by atoms with van der Waals surface area (Å²) in [5.74, 6) is -1.49. The number of amides is 1. The zero-order valence-corrected chi connectivity index (χ0v) is 14.7. The maximum Gasteiger partial charge on any atom is 0.350 e. The lowest BCUT2D eigenvalue weighted by atomic mass is 10.2. The Kier molecular flexibility index (Phi) is 5.01. The van der Waals surface area contributed by atoms with E-state index >= 15 is 0 Å². The minimum atomic E-state index is -0.707. The largest absolute Gasteiger partial charge is 0.451 e. The van der Waals surface area contributed by atoms with Gasteiger partial charge in [-0.05, 0) is 30.3 Å². The number of hydrogen-bond donors (Lipinski definition) is 0. The number of thiophene rings is 1. The number of carbonyl (C=O) groups is 2. The number of ether oxygens (including phenoxy) is 1. The third-order valence-corrected chi connectivity index (χ3v) is 5.26. The fourth-order valence-electron chi connectivity index (χ4n) is 2.26. The first-order valence-corrected chi connectivity index (χ1v) is 8.53. The van der Waals surface area contributed by atoms with Crippen molar-refractivity contribution in [1.29, 1.82) is 0 Å². The van der Waals surface area contributed by atoms with Crippen molar-refractivity contribution in [2.75, 3.05) is 18.6 Å². The molecule has 0 radical (unpaired) electrons. The van der Waals surface area contributed by atoms with Crippen LogP contribution in [-0.4, -0.2) is 25.5 Å². The zero-order chi connectivity index (χ0) is 18.0. The first kappa shape index (κ1) is 17.4. The number of esters is 1. The molecule has 1 heterocycles. The second-order valence-electron chi connectivity index (χ2n) is 5.25. The number of likely N-dealkylation sites (N-methyl/N-ethyl adjacent to an activating group) is 1.